The fourth-order valence-electron chi connectivity index (χ4n) is 0.614. The second kappa shape index (κ2) is 4.14. The van der Waals surface area contributed by atoms with Gasteiger partial charge in [0.2, 0.25) is 0 Å². The number of benzene rings is 1. The van der Waals surface area contributed by atoms with Crippen LogP contribution in [0.3, 0.4) is 0 Å². The van der Waals surface area contributed by atoms with E-state index in [2.05, 4.69) is 15.9 Å². The first kappa shape index (κ1) is 9.10. The number of rotatable bonds is 1. The highest BCUT2D eigenvalue weighted by Crippen LogP contribution is 2.28. The van der Waals surface area contributed by atoms with Crippen molar-refractivity contribution in [2.75, 3.05) is 0 Å². The minimum atomic E-state index is -0.420. The standard InChI is InChI=1S/C7H4BrClOS/c8-5-3-1-2-4-6(5)11-7(9)10/h1-4H. The molecular weight excluding hydrogens is 247 g/mol. The summed E-state index contributed by atoms with van der Waals surface area (Å²) in [5, 5.41) is 0. The van der Waals surface area contributed by atoms with Gasteiger partial charge in [-0.25, -0.2) is 0 Å². The molecule has 4 heteroatoms. The van der Waals surface area contributed by atoms with Gasteiger partial charge in [0, 0.05) is 9.37 Å². The van der Waals surface area contributed by atoms with Crippen molar-refractivity contribution in [1.29, 1.82) is 0 Å². The molecule has 1 aromatic rings. The Balaban J connectivity index is 2.86. The van der Waals surface area contributed by atoms with Gasteiger partial charge in [-0.1, -0.05) is 12.1 Å². The van der Waals surface area contributed by atoms with Crippen LogP contribution in [0.15, 0.2) is 33.6 Å². The van der Waals surface area contributed by atoms with E-state index >= 15 is 0 Å². The van der Waals surface area contributed by atoms with Crippen molar-refractivity contribution in [3.05, 3.63) is 28.7 Å². The second-order valence-corrected chi connectivity index (χ2v) is 4.21. The van der Waals surface area contributed by atoms with E-state index < -0.39 is 4.57 Å². The SMILES string of the molecule is O=C(Cl)Sc1ccccc1Br. The van der Waals surface area contributed by atoms with E-state index in [4.69, 9.17) is 11.6 Å². The lowest BCUT2D eigenvalue weighted by Crippen LogP contribution is -1.76. The monoisotopic (exact) mass is 250 g/mol. The van der Waals surface area contributed by atoms with Crippen LogP contribution in [0.4, 0.5) is 4.79 Å². The molecular formula is C7H4BrClOS. The lowest BCUT2D eigenvalue weighted by molar-refractivity contribution is 0.276. The summed E-state index contributed by atoms with van der Waals surface area (Å²) < 4.78 is 0.468. The highest BCUT2D eigenvalue weighted by Gasteiger charge is 2.02. The Morgan fingerprint density at radius 2 is 2.09 bits per heavy atom. The highest BCUT2D eigenvalue weighted by atomic mass is 79.9. The number of thioether (sulfide) groups is 1. The van der Waals surface area contributed by atoms with Gasteiger partial charge in [0.05, 0.1) is 0 Å². The van der Waals surface area contributed by atoms with Crippen molar-refractivity contribution >= 4 is 43.9 Å². The smallest absolute Gasteiger partial charge is 0.268 e. The third kappa shape index (κ3) is 2.85. The van der Waals surface area contributed by atoms with E-state index in [9.17, 15) is 4.79 Å². The Hall–Kier alpha value is 0.01000. The van der Waals surface area contributed by atoms with Crippen LogP contribution < -0.4 is 0 Å². The average Bonchev–Trinajstić information content (AvgIpc) is 1.93. The maximum atomic E-state index is 10.5. The number of hydrogen-bond acceptors (Lipinski definition) is 2. The Kier molecular flexibility index (Phi) is 3.43. The first-order valence-corrected chi connectivity index (χ1v) is 4.81. The third-order valence-electron chi connectivity index (χ3n) is 1.03. The molecule has 0 bridgehead atoms. The quantitative estimate of drug-likeness (QED) is 0.556. The molecule has 0 N–H and O–H groups in total. The fourth-order valence-corrected chi connectivity index (χ4v) is 1.88. The molecule has 0 aliphatic carbocycles. The van der Waals surface area contributed by atoms with E-state index in [-0.39, 0.29) is 0 Å². The zero-order valence-corrected chi connectivity index (χ0v) is 8.54. The summed E-state index contributed by atoms with van der Waals surface area (Å²) in [7, 11) is 0. The summed E-state index contributed by atoms with van der Waals surface area (Å²) in [5.41, 5.74) is 0. The number of carbonyl (C=O) groups is 1. The fraction of sp³-hybridized carbons (Fsp3) is 0. The predicted molar refractivity (Wildman–Crippen MR) is 51.2 cm³/mol. The molecule has 1 aromatic carbocycles. The van der Waals surface area contributed by atoms with E-state index in [1.54, 1.807) is 0 Å². The summed E-state index contributed by atoms with van der Waals surface area (Å²) in [4.78, 5) is 11.3. The van der Waals surface area contributed by atoms with E-state index in [0.29, 0.717) is 0 Å². The van der Waals surface area contributed by atoms with Crippen molar-refractivity contribution in [3.63, 3.8) is 0 Å². The Morgan fingerprint density at radius 3 is 2.64 bits per heavy atom. The minimum Gasteiger partial charge on any atom is -0.268 e. The van der Waals surface area contributed by atoms with Crippen molar-refractivity contribution in [1.82, 2.24) is 0 Å². The molecule has 0 unspecified atom stereocenters. The number of carbonyl (C=O) groups excluding carboxylic acids is 1. The molecule has 0 atom stereocenters. The second-order valence-electron chi connectivity index (χ2n) is 1.77. The van der Waals surface area contributed by atoms with E-state index in [0.717, 1.165) is 21.1 Å². The van der Waals surface area contributed by atoms with Gasteiger partial charge in [-0.05, 0) is 51.4 Å². The van der Waals surface area contributed by atoms with Gasteiger partial charge < -0.3 is 0 Å². The molecule has 0 aliphatic heterocycles. The van der Waals surface area contributed by atoms with Crippen LogP contribution in [0.1, 0.15) is 0 Å². The summed E-state index contributed by atoms with van der Waals surface area (Å²) >= 11 is 9.49. The molecule has 58 valence electrons. The summed E-state index contributed by atoms with van der Waals surface area (Å²) in [5.74, 6) is 0. The van der Waals surface area contributed by atoms with Gasteiger partial charge in [-0.3, -0.25) is 4.79 Å². The molecule has 0 heterocycles. The molecule has 1 rings (SSSR count). The number of hydrogen-bond donors (Lipinski definition) is 0. The summed E-state index contributed by atoms with van der Waals surface area (Å²) in [6, 6.07) is 7.43. The normalized spacial score (nSPS) is 9.64. The molecule has 0 aromatic heterocycles. The van der Waals surface area contributed by atoms with Crippen LogP contribution in [-0.2, 0) is 0 Å². The van der Waals surface area contributed by atoms with Crippen molar-refractivity contribution in [2.45, 2.75) is 4.90 Å². The number of halogens is 2. The third-order valence-corrected chi connectivity index (χ3v) is 2.95. The first-order valence-electron chi connectivity index (χ1n) is 2.82. The van der Waals surface area contributed by atoms with Crippen LogP contribution in [0.2, 0.25) is 0 Å². The maximum absolute atomic E-state index is 10.5. The predicted octanol–water partition coefficient (Wildman–Crippen LogP) is 3.90. The van der Waals surface area contributed by atoms with Gasteiger partial charge in [0.15, 0.2) is 0 Å². The van der Waals surface area contributed by atoms with Crippen LogP contribution in [0.5, 0.6) is 0 Å². The zero-order chi connectivity index (χ0) is 8.27. The minimum absolute atomic E-state index is 0.420. The molecule has 0 saturated carbocycles. The Labute approximate surface area is 82.3 Å². The van der Waals surface area contributed by atoms with Gasteiger partial charge in [0.1, 0.15) is 0 Å². The van der Waals surface area contributed by atoms with E-state index in [1.807, 2.05) is 24.3 Å². The van der Waals surface area contributed by atoms with Crippen LogP contribution >= 0.6 is 39.3 Å². The van der Waals surface area contributed by atoms with Crippen molar-refractivity contribution < 1.29 is 4.79 Å². The molecule has 0 saturated heterocycles. The highest BCUT2D eigenvalue weighted by molar-refractivity contribution is 9.10. The summed E-state index contributed by atoms with van der Waals surface area (Å²) in [6.45, 7) is 0. The largest absolute Gasteiger partial charge is 0.284 e. The van der Waals surface area contributed by atoms with Crippen LogP contribution in [0, 0.1) is 0 Å². The lowest BCUT2D eigenvalue weighted by Gasteiger charge is -1.97. The first-order chi connectivity index (χ1) is 5.20. The molecule has 1 nitrogen and oxygen atoms in total. The van der Waals surface area contributed by atoms with Gasteiger partial charge >= 0.3 is 0 Å². The lowest BCUT2D eigenvalue weighted by atomic mass is 10.4. The van der Waals surface area contributed by atoms with Crippen LogP contribution in [0.25, 0.3) is 0 Å². The Bertz CT molecular complexity index is 277. The van der Waals surface area contributed by atoms with Crippen molar-refractivity contribution in [2.24, 2.45) is 0 Å². The van der Waals surface area contributed by atoms with E-state index in [1.165, 1.54) is 0 Å². The maximum Gasteiger partial charge on any atom is 0.284 e. The Morgan fingerprint density at radius 1 is 1.45 bits per heavy atom. The molecule has 0 aliphatic rings. The van der Waals surface area contributed by atoms with Crippen LogP contribution in [-0.4, -0.2) is 4.57 Å². The molecule has 0 amide bonds. The van der Waals surface area contributed by atoms with Gasteiger partial charge in [-0.2, -0.15) is 0 Å². The average molecular weight is 252 g/mol. The molecule has 11 heavy (non-hydrogen) atoms. The molecule has 0 spiro atoms. The zero-order valence-electron chi connectivity index (χ0n) is 5.38. The van der Waals surface area contributed by atoms with Crippen molar-refractivity contribution in [3.8, 4) is 0 Å². The molecule has 0 fully saturated rings. The van der Waals surface area contributed by atoms with Gasteiger partial charge in [-0.15, -0.1) is 0 Å². The topological polar surface area (TPSA) is 17.1 Å². The van der Waals surface area contributed by atoms with Gasteiger partial charge in [0.25, 0.3) is 4.57 Å². The summed E-state index contributed by atoms with van der Waals surface area (Å²) in [6.07, 6.45) is 0. The molecule has 0 radical (unpaired) electrons.